The number of hydrogen-bond acceptors (Lipinski definition) is 4. The number of ether oxygens (including phenoxy) is 3. The zero-order valence-corrected chi connectivity index (χ0v) is 12.7. The summed E-state index contributed by atoms with van der Waals surface area (Å²) >= 11 is 0. The van der Waals surface area contributed by atoms with E-state index in [0.717, 1.165) is 11.3 Å². The van der Waals surface area contributed by atoms with Crippen LogP contribution in [0.4, 0.5) is 0 Å². The number of epoxide rings is 1. The molecule has 0 amide bonds. The minimum absolute atomic E-state index is 0.0670. The molecular formula is C17H24O4. The van der Waals surface area contributed by atoms with Crippen molar-refractivity contribution in [2.45, 2.75) is 38.3 Å². The summed E-state index contributed by atoms with van der Waals surface area (Å²) in [6, 6.07) is 7.84. The first kappa shape index (κ1) is 16.0. The molecule has 2 rings (SSSR count). The summed E-state index contributed by atoms with van der Waals surface area (Å²) in [6.45, 7) is 6.90. The van der Waals surface area contributed by atoms with Crippen LogP contribution in [0.25, 0.3) is 0 Å². The van der Waals surface area contributed by atoms with Gasteiger partial charge in [-0.2, -0.15) is 0 Å². The van der Waals surface area contributed by atoms with Crippen LogP contribution in [0, 0.1) is 5.92 Å². The van der Waals surface area contributed by atoms with Gasteiger partial charge in [0.25, 0.3) is 0 Å². The topological polar surface area (TPSA) is 51.2 Å². The monoisotopic (exact) mass is 292 g/mol. The first-order chi connectivity index (χ1) is 10.2. The van der Waals surface area contributed by atoms with Crippen LogP contribution < -0.4 is 4.74 Å². The number of rotatable bonds is 9. The molecule has 1 aliphatic rings. The van der Waals surface area contributed by atoms with Gasteiger partial charge in [-0.3, -0.25) is 0 Å². The molecule has 1 N–H and O–H groups in total. The van der Waals surface area contributed by atoms with Crippen LogP contribution in [0.15, 0.2) is 36.9 Å². The number of aliphatic hydroxyl groups is 1. The standard InChI is InChI=1S/C17H24O4/c1-4-5-15(18)17-16(21-17)12(2)10-20-11-13-6-8-14(19-3)9-7-13/h4,6-9,12,15-18H,1,5,10-11H2,2-3H3/t12?,15-,16+,17-/m1/s1. The lowest BCUT2D eigenvalue weighted by molar-refractivity contribution is 0.0824. The summed E-state index contributed by atoms with van der Waals surface area (Å²) in [6.07, 6.45) is 1.87. The van der Waals surface area contributed by atoms with Gasteiger partial charge in [0.05, 0.1) is 32.5 Å². The lowest BCUT2D eigenvalue weighted by Gasteiger charge is -2.11. The minimum atomic E-state index is -0.448. The highest BCUT2D eigenvalue weighted by atomic mass is 16.6. The van der Waals surface area contributed by atoms with Crippen LogP contribution >= 0.6 is 0 Å². The Morgan fingerprint density at radius 3 is 2.67 bits per heavy atom. The molecule has 0 aromatic heterocycles. The maximum absolute atomic E-state index is 9.81. The Kier molecular flexibility index (Phi) is 5.79. The molecular weight excluding hydrogens is 268 g/mol. The molecule has 1 unspecified atom stereocenters. The van der Waals surface area contributed by atoms with E-state index in [4.69, 9.17) is 14.2 Å². The van der Waals surface area contributed by atoms with Crippen LogP contribution in [0.5, 0.6) is 5.75 Å². The van der Waals surface area contributed by atoms with Crippen LogP contribution in [0.2, 0.25) is 0 Å². The molecule has 1 saturated heterocycles. The minimum Gasteiger partial charge on any atom is -0.497 e. The molecule has 0 spiro atoms. The molecule has 0 saturated carbocycles. The Labute approximate surface area is 126 Å². The van der Waals surface area contributed by atoms with Crippen LogP contribution in [0.1, 0.15) is 18.9 Å². The van der Waals surface area contributed by atoms with Gasteiger partial charge < -0.3 is 19.3 Å². The van der Waals surface area contributed by atoms with E-state index in [1.807, 2.05) is 24.3 Å². The van der Waals surface area contributed by atoms with Gasteiger partial charge in [0.15, 0.2) is 0 Å². The van der Waals surface area contributed by atoms with Crippen molar-refractivity contribution in [3.05, 3.63) is 42.5 Å². The number of aliphatic hydroxyl groups excluding tert-OH is 1. The van der Waals surface area contributed by atoms with Gasteiger partial charge in [0, 0.05) is 5.92 Å². The van der Waals surface area contributed by atoms with Crippen LogP contribution in [-0.4, -0.2) is 37.1 Å². The third kappa shape index (κ3) is 4.56. The Hall–Kier alpha value is -1.36. The van der Waals surface area contributed by atoms with Crippen molar-refractivity contribution in [1.29, 1.82) is 0 Å². The van der Waals surface area contributed by atoms with E-state index in [-0.39, 0.29) is 18.1 Å². The second-order valence-electron chi connectivity index (χ2n) is 5.50. The second kappa shape index (κ2) is 7.59. The van der Waals surface area contributed by atoms with Gasteiger partial charge in [-0.05, 0) is 24.1 Å². The third-order valence-corrected chi connectivity index (χ3v) is 3.72. The van der Waals surface area contributed by atoms with Crippen molar-refractivity contribution in [3.63, 3.8) is 0 Å². The van der Waals surface area contributed by atoms with Crippen molar-refractivity contribution in [1.82, 2.24) is 0 Å². The summed E-state index contributed by atoms with van der Waals surface area (Å²) in [5, 5.41) is 9.81. The molecule has 0 bridgehead atoms. The van der Waals surface area contributed by atoms with Crippen molar-refractivity contribution in [2.24, 2.45) is 5.92 Å². The van der Waals surface area contributed by atoms with Gasteiger partial charge in [0.2, 0.25) is 0 Å². The smallest absolute Gasteiger partial charge is 0.118 e. The molecule has 0 aliphatic carbocycles. The number of methoxy groups -OCH3 is 1. The predicted molar refractivity (Wildman–Crippen MR) is 81.3 cm³/mol. The molecule has 1 fully saturated rings. The third-order valence-electron chi connectivity index (χ3n) is 3.72. The van der Waals surface area contributed by atoms with Gasteiger partial charge in [-0.25, -0.2) is 0 Å². The number of hydrogen-bond donors (Lipinski definition) is 1. The average molecular weight is 292 g/mol. The molecule has 1 aromatic rings. The van der Waals surface area contributed by atoms with Crippen molar-refractivity contribution in [2.75, 3.05) is 13.7 Å². The molecule has 4 heteroatoms. The SMILES string of the molecule is C=CC[C@@H](O)[C@H]1O[C@H]1C(C)COCc1ccc(OC)cc1. The first-order valence-corrected chi connectivity index (χ1v) is 7.30. The zero-order valence-electron chi connectivity index (χ0n) is 12.7. The summed E-state index contributed by atoms with van der Waals surface area (Å²) in [7, 11) is 1.65. The molecule has 1 aromatic carbocycles. The van der Waals surface area contributed by atoms with Gasteiger partial charge in [-0.15, -0.1) is 6.58 Å². The van der Waals surface area contributed by atoms with Crippen LogP contribution in [-0.2, 0) is 16.1 Å². The van der Waals surface area contributed by atoms with E-state index in [1.54, 1.807) is 13.2 Å². The van der Waals surface area contributed by atoms with E-state index in [2.05, 4.69) is 13.5 Å². The largest absolute Gasteiger partial charge is 0.497 e. The Morgan fingerprint density at radius 1 is 1.33 bits per heavy atom. The summed E-state index contributed by atoms with van der Waals surface area (Å²) in [4.78, 5) is 0. The Bertz CT molecular complexity index is 443. The maximum Gasteiger partial charge on any atom is 0.118 e. The van der Waals surface area contributed by atoms with E-state index in [1.165, 1.54) is 0 Å². The predicted octanol–water partition coefficient (Wildman–Crippen LogP) is 2.55. The van der Waals surface area contributed by atoms with Crippen molar-refractivity contribution in [3.8, 4) is 5.75 Å². The summed E-state index contributed by atoms with van der Waals surface area (Å²) < 4.78 is 16.4. The first-order valence-electron chi connectivity index (χ1n) is 7.30. The Balaban J connectivity index is 1.68. The number of benzene rings is 1. The fourth-order valence-electron chi connectivity index (χ4n) is 2.39. The highest BCUT2D eigenvalue weighted by Crippen LogP contribution is 2.33. The fraction of sp³-hybridized carbons (Fsp3) is 0.529. The van der Waals surface area contributed by atoms with E-state index in [9.17, 15) is 5.11 Å². The van der Waals surface area contributed by atoms with E-state index >= 15 is 0 Å². The average Bonchev–Trinajstić information content (AvgIpc) is 3.29. The second-order valence-corrected chi connectivity index (χ2v) is 5.50. The molecule has 1 heterocycles. The Morgan fingerprint density at radius 2 is 2.05 bits per heavy atom. The van der Waals surface area contributed by atoms with Gasteiger partial charge in [0.1, 0.15) is 11.9 Å². The highest BCUT2D eigenvalue weighted by molar-refractivity contribution is 5.26. The van der Waals surface area contributed by atoms with Gasteiger partial charge in [-0.1, -0.05) is 25.1 Å². The lowest BCUT2D eigenvalue weighted by Crippen LogP contribution is -2.21. The lowest BCUT2D eigenvalue weighted by atomic mass is 10.0. The quantitative estimate of drug-likeness (QED) is 0.561. The zero-order chi connectivity index (χ0) is 15.2. The fourth-order valence-corrected chi connectivity index (χ4v) is 2.39. The van der Waals surface area contributed by atoms with E-state index in [0.29, 0.717) is 19.6 Å². The van der Waals surface area contributed by atoms with Crippen molar-refractivity contribution < 1.29 is 19.3 Å². The van der Waals surface area contributed by atoms with Crippen LogP contribution in [0.3, 0.4) is 0 Å². The molecule has 116 valence electrons. The molecule has 4 nitrogen and oxygen atoms in total. The van der Waals surface area contributed by atoms with E-state index < -0.39 is 6.10 Å². The highest BCUT2D eigenvalue weighted by Gasteiger charge is 2.46. The maximum atomic E-state index is 9.81. The molecule has 21 heavy (non-hydrogen) atoms. The summed E-state index contributed by atoms with van der Waals surface area (Å²) in [5.74, 6) is 1.12. The van der Waals surface area contributed by atoms with Crippen molar-refractivity contribution >= 4 is 0 Å². The summed E-state index contributed by atoms with van der Waals surface area (Å²) in [5.41, 5.74) is 1.11. The molecule has 4 atom stereocenters. The van der Waals surface area contributed by atoms with Gasteiger partial charge >= 0.3 is 0 Å². The normalized spacial score (nSPS) is 23.4. The molecule has 1 aliphatic heterocycles. The molecule has 0 radical (unpaired) electrons.